The predicted molar refractivity (Wildman–Crippen MR) is 196 cm³/mol. The standard InChI is InChI=1S/C32H32N3O2S.C7H8O3S/c1-6-34-25-17-16-21-12-8-9-13-22(21)30(25)37-28(34)20-29-35(7-2)31(36)26(38-29)18-19-27-32(3,4)23-14-10-11-15-24(23)33(27)5;1-6-2-4-7(5-3-6)11(8,9)10/h8-20H,6-7H2,1-5H3;2-5H,1H3,(H,8,9,10)/q+1;/p-1/b26-18-,27-19+;. The van der Waals surface area contributed by atoms with Crippen LogP contribution in [0.25, 0.3) is 34.0 Å². The lowest BCUT2D eigenvalue weighted by atomic mass is 9.84. The van der Waals surface area contributed by atoms with Crippen molar-refractivity contribution in [2.75, 3.05) is 11.9 Å². The number of thiazole rings is 1. The molecule has 6 aromatic rings. The minimum atomic E-state index is -4.27. The zero-order valence-corrected chi connectivity index (χ0v) is 30.1. The Kier molecular flexibility index (Phi) is 9.23. The van der Waals surface area contributed by atoms with Gasteiger partial charge < -0.3 is 13.9 Å². The zero-order valence-electron chi connectivity index (χ0n) is 28.4. The second kappa shape index (κ2) is 13.3. The maximum absolute atomic E-state index is 13.4. The fourth-order valence-electron chi connectivity index (χ4n) is 6.49. The molecule has 0 fully saturated rings. The smallest absolute Gasteiger partial charge is 0.377 e. The van der Waals surface area contributed by atoms with Crippen LogP contribution in [0.5, 0.6) is 0 Å². The molecule has 8 nitrogen and oxygen atoms in total. The van der Waals surface area contributed by atoms with Gasteiger partial charge in [-0.25, -0.2) is 8.42 Å². The average Bonchev–Trinajstić information content (AvgIpc) is 3.66. The van der Waals surface area contributed by atoms with Crippen LogP contribution in [-0.4, -0.2) is 24.6 Å². The third-order valence-corrected chi connectivity index (χ3v) is 11.0. The van der Waals surface area contributed by atoms with Crippen molar-refractivity contribution in [3.63, 3.8) is 0 Å². The van der Waals surface area contributed by atoms with Gasteiger partial charge in [0.2, 0.25) is 5.58 Å². The highest BCUT2D eigenvalue weighted by Crippen LogP contribution is 2.46. The Hall–Kier alpha value is -4.77. The van der Waals surface area contributed by atoms with E-state index < -0.39 is 10.1 Å². The number of fused-ring (bicyclic) bond motifs is 4. The highest BCUT2D eigenvalue weighted by molar-refractivity contribution is 7.85. The number of benzene rings is 4. The monoisotopic (exact) mass is 693 g/mol. The molecule has 49 heavy (non-hydrogen) atoms. The zero-order chi connectivity index (χ0) is 35.1. The van der Waals surface area contributed by atoms with Crippen molar-refractivity contribution in [1.82, 2.24) is 4.57 Å². The van der Waals surface area contributed by atoms with Crippen molar-refractivity contribution in [3.8, 4) is 0 Å². The first-order valence-electron chi connectivity index (χ1n) is 16.2. The van der Waals surface area contributed by atoms with Gasteiger partial charge in [-0.2, -0.15) is 4.57 Å². The summed E-state index contributed by atoms with van der Waals surface area (Å²) in [4.78, 5) is 15.5. The van der Waals surface area contributed by atoms with Gasteiger partial charge in [-0.15, -0.1) is 11.3 Å². The molecule has 2 aromatic heterocycles. The van der Waals surface area contributed by atoms with Crippen molar-refractivity contribution in [3.05, 3.63) is 133 Å². The molecule has 4 aromatic carbocycles. The maximum atomic E-state index is 13.4. The lowest BCUT2D eigenvalue weighted by Gasteiger charge is -2.23. The fourth-order valence-corrected chi connectivity index (χ4v) is 8.00. The Morgan fingerprint density at radius 1 is 0.939 bits per heavy atom. The largest absolute Gasteiger partial charge is 0.744 e. The molecule has 0 atom stereocenters. The number of aromatic nitrogens is 2. The van der Waals surface area contributed by atoms with Crippen LogP contribution >= 0.6 is 11.3 Å². The number of para-hydroxylation sites is 1. The van der Waals surface area contributed by atoms with Crippen LogP contribution in [0, 0.1) is 6.92 Å². The highest BCUT2D eigenvalue weighted by Gasteiger charge is 2.37. The predicted octanol–water partition coefficient (Wildman–Crippen LogP) is 5.96. The SMILES string of the molecule is CCn1c(=O)/c(=C/C=C2/N(C)c3ccccc3C2(C)C)s/c1=C\c1oc2c3ccccc3ccc2[n+]1CC.Cc1ccc(S(=O)(=O)[O-])cc1. The molecule has 1 aliphatic rings. The van der Waals surface area contributed by atoms with E-state index in [4.69, 9.17) is 4.42 Å². The van der Waals surface area contributed by atoms with Gasteiger partial charge in [0.15, 0.2) is 0 Å². The van der Waals surface area contributed by atoms with Gasteiger partial charge in [-0.1, -0.05) is 74.0 Å². The number of aryl methyl sites for hydroxylation is 2. The Balaban J connectivity index is 0.000000324. The number of anilines is 1. The Labute approximate surface area is 289 Å². The molecule has 252 valence electrons. The number of likely N-dealkylation sites (N-methyl/N-ethyl adjacent to an activating group) is 1. The molecule has 1 aliphatic heterocycles. The van der Waals surface area contributed by atoms with Gasteiger partial charge in [0.1, 0.15) is 21.3 Å². The topological polar surface area (TPSA) is 99.5 Å². The van der Waals surface area contributed by atoms with Gasteiger partial charge in [-0.3, -0.25) is 9.36 Å². The molecular formula is C39H39N3O5S2. The summed E-state index contributed by atoms with van der Waals surface area (Å²) >= 11 is 1.51. The molecular weight excluding hydrogens is 655 g/mol. The minimum Gasteiger partial charge on any atom is -0.744 e. The first-order valence-corrected chi connectivity index (χ1v) is 18.4. The van der Waals surface area contributed by atoms with Crippen LogP contribution in [0.3, 0.4) is 0 Å². The van der Waals surface area contributed by atoms with E-state index in [1.807, 2.05) is 42.7 Å². The fraction of sp³-hybridized carbons (Fsp3) is 0.231. The molecule has 7 rings (SSSR count). The molecule has 3 heterocycles. The van der Waals surface area contributed by atoms with Gasteiger partial charge in [0, 0.05) is 41.8 Å². The number of oxazole rings is 1. The van der Waals surface area contributed by atoms with Crippen molar-refractivity contribution >= 4 is 61.2 Å². The maximum Gasteiger partial charge on any atom is 0.377 e. The van der Waals surface area contributed by atoms with E-state index in [9.17, 15) is 17.8 Å². The quantitative estimate of drug-likeness (QED) is 0.163. The Morgan fingerprint density at radius 2 is 1.63 bits per heavy atom. The number of allylic oxidation sites excluding steroid dienone is 2. The molecule has 0 aliphatic carbocycles. The van der Waals surface area contributed by atoms with E-state index >= 15 is 0 Å². The molecule has 0 saturated heterocycles. The van der Waals surface area contributed by atoms with Crippen molar-refractivity contribution in [1.29, 1.82) is 0 Å². The molecule has 0 unspecified atom stereocenters. The normalized spacial score (nSPS) is 15.7. The molecule has 0 saturated carbocycles. The van der Waals surface area contributed by atoms with Crippen molar-refractivity contribution < 1.29 is 22.0 Å². The summed E-state index contributed by atoms with van der Waals surface area (Å²) in [6.07, 6.45) is 6.10. The minimum absolute atomic E-state index is 0.0289. The van der Waals surface area contributed by atoms with Crippen LogP contribution < -0.4 is 24.2 Å². The van der Waals surface area contributed by atoms with Crippen LogP contribution in [0.4, 0.5) is 5.69 Å². The van der Waals surface area contributed by atoms with E-state index in [1.165, 1.54) is 40.4 Å². The Bertz CT molecular complexity index is 2520. The summed E-state index contributed by atoms with van der Waals surface area (Å²) < 4.78 is 43.2. The van der Waals surface area contributed by atoms with Crippen LogP contribution in [0.1, 0.15) is 44.7 Å². The first-order chi connectivity index (χ1) is 23.3. The molecule has 0 radical (unpaired) electrons. The number of nitrogens with zero attached hydrogens (tertiary/aromatic N) is 3. The van der Waals surface area contributed by atoms with E-state index in [0.29, 0.717) is 6.54 Å². The van der Waals surface area contributed by atoms with Crippen molar-refractivity contribution in [2.24, 2.45) is 0 Å². The van der Waals surface area contributed by atoms with E-state index in [0.717, 1.165) is 49.1 Å². The van der Waals surface area contributed by atoms with Crippen LogP contribution in [-0.2, 0) is 28.6 Å². The third kappa shape index (κ3) is 6.39. The van der Waals surface area contributed by atoms with E-state index in [1.54, 1.807) is 12.1 Å². The second-order valence-electron chi connectivity index (χ2n) is 12.5. The van der Waals surface area contributed by atoms with Gasteiger partial charge in [0.25, 0.3) is 11.1 Å². The van der Waals surface area contributed by atoms with Gasteiger partial charge in [-0.05, 0) is 68.1 Å². The number of hydrogen-bond donors (Lipinski definition) is 0. The number of hydrogen-bond acceptors (Lipinski definition) is 7. The second-order valence-corrected chi connectivity index (χ2v) is 14.9. The lowest BCUT2D eigenvalue weighted by molar-refractivity contribution is -0.674. The first kappa shape index (κ1) is 34.1. The Morgan fingerprint density at radius 3 is 2.31 bits per heavy atom. The third-order valence-electron chi connectivity index (χ3n) is 9.08. The summed E-state index contributed by atoms with van der Waals surface area (Å²) in [5.41, 5.74) is 6.44. The summed E-state index contributed by atoms with van der Waals surface area (Å²) in [5.74, 6) is 0.749. The molecule has 0 spiro atoms. The lowest BCUT2D eigenvalue weighted by Crippen LogP contribution is -2.35. The average molecular weight is 694 g/mol. The highest BCUT2D eigenvalue weighted by atomic mass is 32.2. The molecule has 0 bridgehead atoms. The van der Waals surface area contributed by atoms with Gasteiger partial charge in [0.05, 0.1) is 15.5 Å². The summed E-state index contributed by atoms with van der Waals surface area (Å²) in [5, 5.41) is 2.24. The van der Waals surface area contributed by atoms with Crippen molar-refractivity contribution in [2.45, 2.75) is 58.0 Å². The molecule has 0 amide bonds. The van der Waals surface area contributed by atoms with Gasteiger partial charge >= 0.3 is 5.89 Å². The number of rotatable bonds is 5. The van der Waals surface area contributed by atoms with E-state index in [-0.39, 0.29) is 15.9 Å². The van der Waals surface area contributed by atoms with E-state index in [2.05, 4.69) is 91.9 Å². The molecule has 0 N–H and O–H groups in total. The summed E-state index contributed by atoms with van der Waals surface area (Å²) in [6.45, 7) is 11.8. The summed E-state index contributed by atoms with van der Waals surface area (Å²) in [6, 6.07) is 26.8. The molecule has 10 heteroatoms. The van der Waals surface area contributed by atoms with Crippen LogP contribution in [0.2, 0.25) is 0 Å². The summed E-state index contributed by atoms with van der Waals surface area (Å²) in [7, 11) is -2.17. The van der Waals surface area contributed by atoms with Crippen LogP contribution in [0.15, 0.2) is 111 Å².